The van der Waals surface area contributed by atoms with Gasteiger partial charge in [-0.25, -0.2) is 4.68 Å². The summed E-state index contributed by atoms with van der Waals surface area (Å²) in [6.45, 7) is 3.72. The SMILES string of the molecule is Cn1nc(N)nc1C(C)(C)N. The molecule has 0 aromatic carbocycles. The van der Waals surface area contributed by atoms with Crippen LogP contribution in [0.4, 0.5) is 5.95 Å². The summed E-state index contributed by atoms with van der Waals surface area (Å²) in [5.41, 5.74) is 10.7. The van der Waals surface area contributed by atoms with Crippen LogP contribution in [0.2, 0.25) is 0 Å². The smallest absolute Gasteiger partial charge is 0.239 e. The summed E-state index contributed by atoms with van der Waals surface area (Å²) < 4.78 is 1.59. The van der Waals surface area contributed by atoms with Crippen molar-refractivity contribution in [3.63, 3.8) is 0 Å². The Labute approximate surface area is 65.4 Å². The Morgan fingerprint density at radius 2 is 2.00 bits per heavy atom. The van der Waals surface area contributed by atoms with Gasteiger partial charge in [0.2, 0.25) is 5.95 Å². The number of nitrogen functional groups attached to an aromatic ring is 1. The van der Waals surface area contributed by atoms with Crippen LogP contribution in [0.5, 0.6) is 0 Å². The molecule has 0 amide bonds. The van der Waals surface area contributed by atoms with Crippen LogP contribution in [-0.4, -0.2) is 14.8 Å². The minimum absolute atomic E-state index is 0.265. The van der Waals surface area contributed by atoms with Gasteiger partial charge in [0.1, 0.15) is 5.82 Å². The molecule has 0 saturated carbocycles. The molecule has 0 aliphatic rings. The highest BCUT2D eigenvalue weighted by Crippen LogP contribution is 2.13. The first-order chi connectivity index (χ1) is 4.91. The molecule has 0 atom stereocenters. The summed E-state index contributed by atoms with van der Waals surface area (Å²) >= 11 is 0. The molecule has 0 aliphatic carbocycles. The van der Waals surface area contributed by atoms with Gasteiger partial charge in [-0.05, 0) is 13.8 Å². The third-order valence-electron chi connectivity index (χ3n) is 1.36. The van der Waals surface area contributed by atoms with Gasteiger partial charge in [-0.2, -0.15) is 4.98 Å². The van der Waals surface area contributed by atoms with Crippen molar-refractivity contribution in [2.24, 2.45) is 12.8 Å². The maximum absolute atomic E-state index is 5.79. The lowest BCUT2D eigenvalue weighted by Crippen LogP contribution is -2.32. The summed E-state index contributed by atoms with van der Waals surface area (Å²) in [7, 11) is 1.77. The summed E-state index contributed by atoms with van der Waals surface area (Å²) in [5, 5.41) is 3.88. The van der Waals surface area contributed by atoms with Gasteiger partial charge in [0, 0.05) is 7.05 Å². The van der Waals surface area contributed by atoms with E-state index in [4.69, 9.17) is 11.5 Å². The zero-order valence-electron chi connectivity index (χ0n) is 7.00. The fourth-order valence-electron chi connectivity index (χ4n) is 0.965. The van der Waals surface area contributed by atoms with Gasteiger partial charge in [-0.15, -0.1) is 5.10 Å². The van der Waals surface area contributed by atoms with E-state index in [9.17, 15) is 0 Å². The Morgan fingerprint density at radius 3 is 2.18 bits per heavy atom. The lowest BCUT2D eigenvalue weighted by Gasteiger charge is -2.15. The van der Waals surface area contributed by atoms with Crippen molar-refractivity contribution in [2.75, 3.05) is 5.73 Å². The van der Waals surface area contributed by atoms with Crippen molar-refractivity contribution < 1.29 is 0 Å². The maximum Gasteiger partial charge on any atom is 0.239 e. The summed E-state index contributed by atoms with van der Waals surface area (Å²) in [6.07, 6.45) is 0. The molecule has 4 N–H and O–H groups in total. The second-order valence-corrected chi connectivity index (χ2v) is 3.14. The monoisotopic (exact) mass is 155 g/mol. The first kappa shape index (κ1) is 8.00. The molecule has 1 aromatic rings. The third kappa shape index (κ3) is 1.48. The van der Waals surface area contributed by atoms with Crippen molar-refractivity contribution in [3.8, 4) is 0 Å². The van der Waals surface area contributed by atoms with Crippen LogP contribution in [0.25, 0.3) is 0 Å². The highest BCUT2D eigenvalue weighted by molar-refractivity contribution is 5.17. The molecular weight excluding hydrogens is 142 g/mol. The number of nitrogens with two attached hydrogens (primary N) is 2. The average Bonchev–Trinajstić information content (AvgIpc) is 2.08. The number of anilines is 1. The fourth-order valence-corrected chi connectivity index (χ4v) is 0.965. The van der Waals surface area contributed by atoms with E-state index in [0.29, 0.717) is 5.82 Å². The number of hydrogen-bond donors (Lipinski definition) is 2. The normalized spacial score (nSPS) is 12.0. The third-order valence-corrected chi connectivity index (χ3v) is 1.36. The Hall–Kier alpha value is -1.10. The lowest BCUT2D eigenvalue weighted by molar-refractivity contribution is 0.481. The minimum atomic E-state index is -0.487. The zero-order valence-corrected chi connectivity index (χ0v) is 7.00. The van der Waals surface area contributed by atoms with E-state index in [0.717, 1.165) is 0 Å². The van der Waals surface area contributed by atoms with Crippen LogP contribution < -0.4 is 11.5 Å². The highest BCUT2D eigenvalue weighted by Gasteiger charge is 2.20. The second-order valence-electron chi connectivity index (χ2n) is 3.14. The van der Waals surface area contributed by atoms with Crippen molar-refractivity contribution in [1.82, 2.24) is 14.8 Å². The van der Waals surface area contributed by atoms with Crippen LogP contribution in [0.1, 0.15) is 19.7 Å². The van der Waals surface area contributed by atoms with Crippen LogP contribution in [-0.2, 0) is 12.6 Å². The van der Waals surface area contributed by atoms with Gasteiger partial charge in [-0.3, -0.25) is 0 Å². The summed E-state index contributed by atoms with van der Waals surface area (Å²) in [6, 6.07) is 0. The van der Waals surface area contributed by atoms with E-state index in [1.807, 2.05) is 13.8 Å². The van der Waals surface area contributed by atoms with Crippen LogP contribution >= 0.6 is 0 Å². The number of aryl methyl sites for hydroxylation is 1. The molecule has 5 nitrogen and oxygen atoms in total. The molecule has 0 unspecified atom stereocenters. The maximum atomic E-state index is 5.79. The average molecular weight is 155 g/mol. The second kappa shape index (κ2) is 2.20. The molecule has 1 rings (SSSR count). The van der Waals surface area contributed by atoms with E-state index < -0.39 is 5.54 Å². The molecule has 11 heavy (non-hydrogen) atoms. The Kier molecular flexibility index (Phi) is 1.60. The predicted octanol–water partition coefficient (Wildman–Crippen LogP) is -0.409. The molecule has 62 valence electrons. The van der Waals surface area contributed by atoms with Gasteiger partial charge in [0.15, 0.2) is 0 Å². The topological polar surface area (TPSA) is 82.8 Å². The first-order valence-electron chi connectivity index (χ1n) is 3.37. The van der Waals surface area contributed by atoms with Gasteiger partial charge < -0.3 is 11.5 Å². The van der Waals surface area contributed by atoms with Crippen LogP contribution in [0.3, 0.4) is 0 Å². The molecule has 0 radical (unpaired) electrons. The summed E-state index contributed by atoms with van der Waals surface area (Å²) in [4.78, 5) is 3.99. The number of rotatable bonds is 1. The van der Waals surface area contributed by atoms with Gasteiger partial charge in [-0.1, -0.05) is 0 Å². The fraction of sp³-hybridized carbons (Fsp3) is 0.667. The molecule has 0 bridgehead atoms. The molecule has 5 heteroatoms. The van der Waals surface area contributed by atoms with Gasteiger partial charge >= 0.3 is 0 Å². The van der Waals surface area contributed by atoms with E-state index in [-0.39, 0.29) is 5.95 Å². The van der Waals surface area contributed by atoms with E-state index in [1.165, 1.54) is 0 Å². The predicted molar refractivity (Wildman–Crippen MR) is 42.6 cm³/mol. The van der Waals surface area contributed by atoms with Crippen molar-refractivity contribution in [3.05, 3.63) is 5.82 Å². The zero-order chi connectivity index (χ0) is 8.65. The van der Waals surface area contributed by atoms with Crippen LogP contribution in [0.15, 0.2) is 0 Å². The van der Waals surface area contributed by atoms with Crippen molar-refractivity contribution >= 4 is 5.95 Å². The quantitative estimate of drug-likeness (QED) is 0.577. The van der Waals surface area contributed by atoms with Crippen molar-refractivity contribution in [1.29, 1.82) is 0 Å². The Balaban J connectivity index is 3.13. The number of nitrogens with zero attached hydrogens (tertiary/aromatic N) is 3. The summed E-state index contributed by atoms with van der Waals surface area (Å²) in [5.74, 6) is 0.955. The molecule has 1 heterocycles. The number of hydrogen-bond acceptors (Lipinski definition) is 4. The van der Waals surface area contributed by atoms with Crippen molar-refractivity contribution in [2.45, 2.75) is 19.4 Å². The van der Waals surface area contributed by atoms with E-state index >= 15 is 0 Å². The lowest BCUT2D eigenvalue weighted by atomic mass is 10.1. The van der Waals surface area contributed by atoms with Gasteiger partial charge in [0.25, 0.3) is 0 Å². The molecule has 1 aromatic heterocycles. The first-order valence-corrected chi connectivity index (χ1v) is 3.37. The Bertz CT molecular complexity index is 256. The largest absolute Gasteiger partial charge is 0.366 e. The molecule has 0 spiro atoms. The highest BCUT2D eigenvalue weighted by atomic mass is 15.4. The Morgan fingerprint density at radius 1 is 1.45 bits per heavy atom. The standard InChI is InChI=1S/C6H13N5/c1-6(2,8)4-9-5(7)10-11(4)3/h8H2,1-3H3,(H2,7,10). The van der Waals surface area contributed by atoms with E-state index in [2.05, 4.69) is 10.1 Å². The molecule has 0 fully saturated rings. The number of aromatic nitrogens is 3. The van der Waals surface area contributed by atoms with Gasteiger partial charge in [0.05, 0.1) is 5.54 Å². The molecular formula is C6H13N5. The van der Waals surface area contributed by atoms with Crippen LogP contribution in [0, 0.1) is 0 Å². The molecule has 0 aliphatic heterocycles. The molecule has 0 saturated heterocycles. The van der Waals surface area contributed by atoms with E-state index in [1.54, 1.807) is 11.7 Å². The minimum Gasteiger partial charge on any atom is -0.366 e.